The Balaban J connectivity index is 1.31. The molecule has 1 heterocycles. The predicted molar refractivity (Wildman–Crippen MR) is 174 cm³/mol. The molecule has 1 N–H and O–H groups in total. The van der Waals surface area contributed by atoms with Crippen LogP contribution in [0.25, 0.3) is 12.2 Å². The third-order valence-corrected chi connectivity index (χ3v) is 8.07. The van der Waals surface area contributed by atoms with Crippen LogP contribution in [0.3, 0.4) is 0 Å². The van der Waals surface area contributed by atoms with E-state index in [4.69, 9.17) is 55.9 Å². The van der Waals surface area contributed by atoms with Crippen LogP contribution in [0.1, 0.15) is 34.3 Å². The van der Waals surface area contributed by atoms with Gasteiger partial charge in [-0.25, -0.2) is 0 Å². The molecule has 0 aromatic heterocycles. The number of nitrogens with zero attached hydrogens (tertiary/aromatic N) is 1. The highest BCUT2D eigenvalue weighted by Crippen LogP contribution is 2.31. The summed E-state index contributed by atoms with van der Waals surface area (Å²) in [6.07, 6.45) is 4.21. The van der Waals surface area contributed by atoms with E-state index in [0.717, 1.165) is 32.8 Å². The molecule has 224 valence electrons. The highest BCUT2D eigenvalue weighted by atomic mass is 35.5. The third kappa shape index (κ3) is 9.08. The molecule has 43 heavy (non-hydrogen) atoms. The van der Waals surface area contributed by atoms with Crippen molar-refractivity contribution in [3.8, 4) is 5.75 Å². The van der Waals surface area contributed by atoms with Gasteiger partial charge in [0, 0.05) is 62.5 Å². The van der Waals surface area contributed by atoms with E-state index in [1.165, 1.54) is 0 Å². The molecule has 1 amide bonds. The van der Waals surface area contributed by atoms with E-state index in [9.17, 15) is 9.59 Å². The second-order valence-electron chi connectivity index (χ2n) is 10.5. The minimum Gasteiger partial charge on any atom is -0.492 e. The molecule has 2 fully saturated rings. The van der Waals surface area contributed by atoms with Gasteiger partial charge in [-0.15, -0.1) is 0 Å². The summed E-state index contributed by atoms with van der Waals surface area (Å²) >= 11 is 24.8. The van der Waals surface area contributed by atoms with Gasteiger partial charge in [-0.1, -0.05) is 46.4 Å². The van der Waals surface area contributed by atoms with Crippen LogP contribution < -0.4 is 10.1 Å². The van der Waals surface area contributed by atoms with Gasteiger partial charge >= 0.3 is 0 Å². The van der Waals surface area contributed by atoms with Gasteiger partial charge < -0.3 is 14.8 Å². The SMILES string of the molecule is O=C1/C(=C/c2cc(Cl)cc(Cl)c2)CC(NC(=O)c2ccc(OCCN3CCOCC3)cc2)C/C1=C\c1cc(Cl)cc(Cl)c1. The molecule has 3 aromatic rings. The van der Waals surface area contributed by atoms with E-state index >= 15 is 0 Å². The average molecular weight is 660 g/mol. The number of morpholine rings is 1. The molecule has 3 aromatic carbocycles. The number of Topliss-reactive ketones (excluding diaryl/α,β-unsaturated/α-hetero) is 1. The molecule has 0 atom stereocenters. The van der Waals surface area contributed by atoms with Crippen molar-refractivity contribution in [1.82, 2.24) is 10.2 Å². The first-order valence-corrected chi connectivity index (χ1v) is 15.4. The number of carbonyl (C=O) groups excluding carboxylic acids is 2. The minimum absolute atomic E-state index is 0.128. The zero-order valence-corrected chi connectivity index (χ0v) is 26.3. The second-order valence-corrected chi connectivity index (χ2v) is 12.2. The summed E-state index contributed by atoms with van der Waals surface area (Å²) in [6, 6.07) is 16.9. The van der Waals surface area contributed by atoms with E-state index in [1.54, 1.807) is 72.8 Å². The molecule has 6 nitrogen and oxygen atoms in total. The second kappa shape index (κ2) is 14.8. The zero-order valence-electron chi connectivity index (χ0n) is 23.3. The van der Waals surface area contributed by atoms with Crippen LogP contribution in [0.2, 0.25) is 20.1 Å². The summed E-state index contributed by atoms with van der Waals surface area (Å²) in [5.41, 5.74) is 2.94. The van der Waals surface area contributed by atoms with Crippen molar-refractivity contribution in [3.63, 3.8) is 0 Å². The van der Waals surface area contributed by atoms with Crippen molar-refractivity contribution < 1.29 is 19.1 Å². The van der Waals surface area contributed by atoms with Gasteiger partial charge in [0.15, 0.2) is 5.78 Å². The monoisotopic (exact) mass is 658 g/mol. The van der Waals surface area contributed by atoms with Gasteiger partial charge in [-0.05, 0) is 96.8 Å². The first-order valence-electron chi connectivity index (χ1n) is 13.9. The van der Waals surface area contributed by atoms with Gasteiger partial charge in [0.1, 0.15) is 12.4 Å². The topological polar surface area (TPSA) is 67.9 Å². The maximum absolute atomic E-state index is 13.6. The van der Waals surface area contributed by atoms with Crippen LogP contribution in [0.4, 0.5) is 0 Å². The Hall–Kier alpha value is -2.84. The lowest BCUT2D eigenvalue weighted by Gasteiger charge is -2.27. The molecular formula is C33H30Cl4N2O4. The first kappa shape index (κ1) is 31.6. The normalized spacial score (nSPS) is 19.5. The lowest BCUT2D eigenvalue weighted by Crippen LogP contribution is -2.39. The van der Waals surface area contributed by atoms with E-state index in [0.29, 0.717) is 73.1 Å². The lowest BCUT2D eigenvalue weighted by atomic mass is 9.83. The summed E-state index contributed by atoms with van der Waals surface area (Å²) in [6.45, 7) is 4.68. The number of nitrogens with one attached hydrogen (secondary N) is 1. The molecule has 0 radical (unpaired) electrons. The Bertz CT molecular complexity index is 1430. The maximum Gasteiger partial charge on any atom is 0.251 e. The molecule has 5 rings (SSSR count). The molecule has 1 saturated carbocycles. The van der Waals surface area contributed by atoms with Crippen molar-refractivity contribution >= 4 is 70.2 Å². The summed E-state index contributed by atoms with van der Waals surface area (Å²) in [5.74, 6) is 0.328. The Kier molecular flexibility index (Phi) is 10.8. The Morgan fingerprint density at radius 2 is 1.35 bits per heavy atom. The molecule has 2 aliphatic rings. The van der Waals surface area contributed by atoms with Crippen LogP contribution in [0, 0.1) is 0 Å². The molecule has 10 heteroatoms. The summed E-state index contributed by atoms with van der Waals surface area (Å²) in [7, 11) is 0. The van der Waals surface area contributed by atoms with Crippen molar-refractivity contribution in [3.05, 3.63) is 109 Å². The fourth-order valence-corrected chi connectivity index (χ4v) is 6.24. The van der Waals surface area contributed by atoms with Gasteiger partial charge in [0.05, 0.1) is 13.2 Å². The molecule has 1 saturated heterocycles. The zero-order chi connectivity index (χ0) is 30.3. The number of amides is 1. The Labute approximate surface area is 271 Å². The fourth-order valence-electron chi connectivity index (χ4n) is 5.15. The van der Waals surface area contributed by atoms with Crippen molar-refractivity contribution in [1.29, 1.82) is 0 Å². The maximum atomic E-state index is 13.6. The number of rotatable bonds is 8. The van der Waals surface area contributed by atoms with Crippen LogP contribution in [-0.4, -0.2) is 62.1 Å². The minimum atomic E-state index is -0.337. The van der Waals surface area contributed by atoms with Crippen molar-refractivity contribution in [2.45, 2.75) is 18.9 Å². The largest absolute Gasteiger partial charge is 0.492 e. The number of benzene rings is 3. The van der Waals surface area contributed by atoms with Crippen LogP contribution in [0.15, 0.2) is 71.8 Å². The average Bonchev–Trinajstić information content (AvgIpc) is 2.95. The first-order chi connectivity index (χ1) is 20.7. The molecule has 0 bridgehead atoms. The molecule has 0 spiro atoms. The Morgan fingerprint density at radius 3 is 1.86 bits per heavy atom. The summed E-state index contributed by atoms with van der Waals surface area (Å²) in [4.78, 5) is 29.2. The van der Waals surface area contributed by atoms with E-state index < -0.39 is 0 Å². The Morgan fingerprint density at radius 1 is 0.837 bits per heavy atom. The summed E-state index contributed by atoms with van der Waals surface area (Å²) < 4.78 is 11.3. The molecule has 0 unspecified atom stereocenters. The quantitative estimate of drug-likeness (QED) is 0.252. The highest BCUT2D eigenvalue weighted by molar-refractivity contribution is 6.35. The molecule has 1 aliphatic carbocycles. The van der Waals surface area contributed by atoms with Gasteiger partial charge in [0.25, 0.3) is 5.91 Å². The standard InChI is InChI=1S/C33H30Cl4N2O4/c34-26-13-21(14-27(35)19-26)11-24-17-30(18-25(32(24)40)12-22-15-28(36)20-29(37)16-22)38-33(41)23-1-3-31(4-2-23)43-10-7-39-5-8-42-9-6-39/h1-4,11-16,19-20,30H,5-10,17-18H2,(H,38,41)/b24-11+,25-12+. The number of halogens is 4. The smallest absolute Gasteiger partial charge is 0.251 e. The third-order valence-electron chi connectivity index (χ3n) is 7.20. The van der Waals surface area contributed by atoms with E-state index in [1.807, 2.05) is 0 Å². The van der Waals surface area contributed by atoms with E-state index in [-0.39, 0.29) is 17.7 Å². The van der Waals surface area contributed by atoms with Crippen molar-refractivity contribution in [2.75, 3.05) is 39.5 Å². The predicted octanol–water partition coefficient (Wildman–Crippen LogP) is 7.64. The number of hydrogen-bond donors (Lipinski definition) is 1. The van der Waals surface area contributed by atoms with Crippen LogP contribution in [-0.2, 0) is 9.53 Å². The van der Waals surface area contributed by atoms with Gasteiger partial charge in [-0.2, -0.15) is 0 Å². The van der Waals surface area contributed by atoms with E-state index in [2.05, 4.69) is 10.2 Å². The number of hydrogen-bond acceptors (Lipinski definition) is 5. The van der Waals surface area contributed by atoms with Gasteiger partial charge in [0.2, 0.25) is 0 Å². The van der Waals surface area contributed by atoms with Crippen LogP contribution >= 0.6 is 46.4 Å². The molecule has 1 aliphatic heterocycles. The lowest BCUT2D eigenvalue weighted by molar-refractivity contribution is -0.113. The number of carbonyl (C=O) groups is 2. The fraction of sp³-hybridized carbons (Fsp3) is 0.273. The van der Waals surface area contributed by atoms with Gasteiger partial charge in [-0.3, -0.25) is 14.5 Å². The molecular weight excluding hydrogens is 630 g/mol. The number of ketones is 1. The summed E-state index contributed by atoms with van der Waals surface area (Å²) in [5, 5.41) is 4.96. The highest BCUT2D eigenvalue weighted by Gasteiger charge is 2.29. The van der Waals surface area contributed by atoms with Crippen molar-refractivity contribution in [2.24, 2.45) is 0 Å². The van der Waals surface area contributed by atoms with Crippen LogP contribution in [0.5, 0.6) is 5.75 Å². The number of ether oxygens (including phenoxy) is 2.